The minimum Gasteiger partial charge on any atom is -0.301 e. The van der Waals surface area contributed by atoms with Crippen LogP contribution in [0, 0.1) is 11.6 Å². The molecular weight excluding hydrogens is 358 g/mol. The van der Waals surface area contributed by atoms with Gasteiger partial charge in [-0.25, -0.2) is 21.9 Å². The summed E-state index contributed by atoms with van der Waals surface area (Å²) in [6.45, 7) is 0.0216. The molecule has 0 amide bonds. The summed E-state index contributed by atoms with van der Waals surface area (Å²) in [7, 11) is -0.343. The molecule has 0 radical (unpaired) electrons. The normalized spacial score (nSPS) is 13.2. The predicted octanol–water partition coefficient (Wildman–Crippen LogP) is 3.20. The van der Waals surface area contributed by atoms with Crippen molar-refractivity contribution in [2.24, 2.45) is 0 Å². The first-order valence-electron chi connectivity index (χ1n) is 7.07. The molecule has 4 nitrogen and oxygen atoms in total. The summed E-state index contributed by atoms with van der Waals surface area (Å²) in [4.78, 5) is 1.64. The highest BCUT2D eigenvalue weighted by atomic mass is 35.5. The number of hydrogen-bond acceptors (Lipinski definition) is 3. The standard InChI is InChI=1S/C16H17ClF2N2O2S/c1-21(2)16(11-4-3-5-12(18)8-11)10-20-24(22,23)13-6-7-15(19)14(17)9-13/h3-9,16,20H,10H2,1-2H3. The number of sulfonamides is 1. The largest absolute Gasteiger partial charge is 0.301 e. The zero-order valence-corrected chi connectivity index (χ0v) is 14.7. The van der Waals surface area contributed by atoms with Crippen LogP contribution in [0.3, 0.4) is 0 Å². The molecule has 2 rings (SSSR count). The molecule has 0 spiro atoms. The van der Waals surface area contributed by atoms with E-state index in [-0.39, 0.29) is 22.5 Å². The molecule has 0 aliphatic rings. The Morgan fingerprint density at radius 2 is 1.88 bits per heavy atom. The molecule has 0 aliphatic heterocycles. The van der Waals surface area contributed by atoms with E-state index in [9.17, 15) is 17.2 Å². The van der Waals surface area contributed by atoms with E-state index in [1.807, 2.05) is 0 Å². The third-order valence-corrected chi connectivity index (χ3v) is 5.24. The maximum absolute atomic E-state index is 13.4. The predicted molar refractivity (Wildman–Crippen MR) is 89.4 cm³/mol. The lowest BCUT2D eigenvalue weighted by atomic mass is 10.1. The molecular formula is C16H17ClF2N2O2S. The minimum absolute atomic E-state index is 0.0216. The van der Waals surface area contributed by atoms with Crippen molar-refractivity contribution in [2.45, 2.75) is 10.9 Å². The van der Waals surface area contributed by atoms with Gasteiger partial charge in [0.05, 0.1) is 9.92 Å². The van der Waals surface area contributed by atoms with Crippen LogP contribution < -0.4 is 4.72 Å². The van der Waals surface area contributed by atoms with Crippen LogP contribution in [0.4, 0.5) is 8.78 Å². The third kappa shape index (κ3) is 4.51. The highest BCUT2D eigenvalue weighted by molar-refractivity contribution is 7.89. The van der Waals surface area contributed by atoms with Crippen molar-refractivity contribution >= 4 is 21.6 Å². The van der Waals surface area contributed by atoms with Crippen LogP contribution in [0.1, 0.15) is 11.6 Å². The fraction of sp³-hybridized carbons (Fsp3) is 0.250. The lowest BCUT2D eigenvalue weighted by Crippen LogP contribution is -2.34. The molecule has 8 heteroatoms. The number of rotatable bonds is 6. The van der Waals surface area contributed by atoms with Crippen molar-refractivity contribution in [1.29, 1.82) is 0 Å². The summed E-state index contributed by atoms with van der Waals surface area (Å²) in [5, 5.41) is -0.271. The number of nitrogens with zero attached hydrogens (tertiary/aromatic N) is 1. The molecule has 1 N–H and O–H groups in total. The molecule has 1 unspecified atom stereocenters. The van der Waals surface area contributed by atoms with Gasteiger partial charge in [-0.3, -0.25) is 0 Å². The molecule has 0 heterocycles. The van der Waals surface area contributed by atoms with Gasteiger partial charge in [0.1, 0.15) is 11.6 Å². The number of nitrogens with one attached hydrogen (secondary N) is 1. The SMILES string of the molecule is CN(C)C(CNS(=O)(=O)c1ccc(F)c(Cl)c1)c1cccc(F)c1. The van der Waals surface area contributed by atoms with Gasteiger partial charge in [0.25, 0.3) is 0 Å². The van der Waals surface area contributed by atoms with Crippen molar-refractivity contribution in [3.05, 3.63) is 64.7 Å². The van der Waals surface area contributed by atoms with Gasteiger partial charge in [-0.15, -0.1) is 0 Å². The maximum Gasteiger partial charge on any atom is 0.240 e. The zero-order valence-electron chi connectivity index (χ0n) is 13.1. The van der Waals surface area contributed by atoms with Crippen LogP contribution in [0.5, 0.6) is 0 Å². The Hall–Kier alpha value is -1.54. The van der Waals surface area contributed by atoms with E-state index in [2.05, 4.69) is 4.72 Å². The number of hydrogen-bond donors (Lipinski definition) is 1. The second kappa shape index (κ2) is 7.57. The van der Waals surface area contributed by atoms with Crippen LogP contribution in [-0.2, 0) is 10.0 Å². The second-order valence-corrected chi connectivity index (χ2v) is 7.64. The number of benzene rings is 2. The fourth-order valence-electron chi connectivity index (χ4n) is 2.23. The first-order chi connectivity index (χ1) is 11.2. The number of halogens is 3. The lowest BCUT2D eigenvalue weighted by molar-refractivity contribution is 0.299. The zero-order chi connectivity index (χ0) is 17.9. The van der Waals surface area contributed by atoms with Gasteiger partial charge in [0, 0.05) is 12.6 Å². The molecule has 0 saturated carbocycles. The van der Waals surface area contributed by atoms with Crippen molar-refractivity contribution in [3.8, 4) is 0 Å². The summed E-state index contributed by atoms with van der Waals surface area (Å²) >= 11 is 5.63. The molecule has 0 aromatic heterocycles. The van der Waals surface area contributed by atoms with Gasteiger partial charge in [-0.2, -0.15) is 0 Å². The molecule has 0 aliphatic carbocycles. The number of likely N-dealkylation sites (N-methyl/N-ethyl adjacent to an activating group) is 1. The average Bonchev–Trinajstić information content (AvgIpc) is 2.49. The van der Waals surface area contributed by atoms with Gasteiger partial charge in [-0.05, 0) is 50.0 Å². The van der Waals surface area contributed by atoms with Crippen molar-refractivity contribution < 1.29 is 17.2 Å². The van der Waals surface area contributed by atoms with Crippen LogP contribution in [0.15, 0.2) is 47.4 Å². The quantitative estimate of drug-likeness (QED) is 0.844. The Morgan fingerprint density at radius 3 is 2.46 bits per heavy atom. The van der Waals surface area contributed by atoms with Gasteiger partial charge in [-0.1, -0.05) is 23.7 Å². The van der Waals surface area contributed by atoms with Crippen molar-refractivity contribution in [3.63, 3.8) is 0 Å². The van der Waals surface area contributed by atoms with E-state index in [1.165, 1.54) is 12.1 Å². The highest BCUT2D eigenvalue weighted by Gasteiger charge is 2.20. The summed E-state index contributed by atoms with van der Waals surface area (Å²) in [5.74, 6) is -1.09. The van der Waals surface area contributed by atoms with E-state index < -0.39 is 21.7 Å². The van der Waals surface area contributed by atoms with Crippen LogP contribution in [0.25, 0.3) is 0 Å². The maximum atomic E-state index is 13.4. The Balaban J connectivity index is 2.20. The van der Waals surface area contributed by atoms with Crippen molar-refractivity contribution in [2.75, 3.05) is 20.6 Å². The average molecular weight is 375 g/mol. The minimum atomic E-state index is -3.87. The third-order valence-electron chi connectivity index (χ3n) is 3.52. The Bertz CT molecular complexity index is 829. The summed E-state index contributed by atoms with van der Waals surface area (Å²) in [6, 6.07) is 8.77. The highest BCUT2D eigenvalue weighted by Crippen LogP contribution is 2.21. The smallest absolute Gasteiger partial charge is 0.240 e. The Labute approximate surface area is 145 Å². The second-order valence-electron chi connectivity index (χ2n) is 5.46. The molecule has 0 bridgehead atoms. The van der Waals surface area contributed by atoms with Crippen LogP contribution in [0.2, 0.25) is 5.02 Å². The molecule has 24 heavy (non-hydrogen) atoms. The van der Waals surface area contributed by atoms with E-state index in [0.717, 1.165) is 18.2 Å². The monoisotopic (exact) mass is 374 g/mol. The molecule has 1 atom stereocenters. The molecule has 0 fully saturated rings. The lowest BCUT2D eigenvalue weighted by Gasteiger charge is -2.25. The molecule has 2 aromatic rings. The van der Waals surface area contributed by atoms with E-state index in [0.29, 0.717) is 5.56 Å². The van der Waals surface area contributed by atoms with Gasteiger partial charge >= 0.3 is 0 Å². The topological polar surface area (TPSA) is 49.4 Å². The van der Waals surface area contributed by atoms with Crippen molar-refractivity contribution in [1.82, 2.24) is 9.62 Å². The van der Waals surface area contributed by atoms with E-state index in [1.54, 1.807) is 31.1 Å². The molecule has 130 valence electrons. The van der Waals surface area contributed by atoms with Gasteiger partial charge < -0.3 is 4.90 Å². The van der Waals surface area contributed by atoms with Crippen LogP contribution in [-0.4, -0.2) is 34.0 Å². The Morgan fingerprint density at radius 1 is 1.17 bits per heavy atom. The molecule has 0 saturated heterocycles. The van der Waals surface area contributed by atoms with Gasteiger partial charge in [0.15, 0.2) is 0 Å². The molecule has 2 aromatic carbocycles. The van der Waals surface area contributed by atoms with E-state index in [4.69, 9.17) is 11.6 Å². The van der Waals surface area contributed by atoms with Gasteiger partial charge in [0.2, 0.25) is 10.0 Å². The Kier molecular flexibility index (Phi) is 5.92. The van der Waals surface area contributed by atoms with Crippen LogP contribution >= 0.6 is 11.6 Å². The van der Waals surface area contributed by atoms with E-state index >= 15 is 0 Å². The summed E-state index contributed by atoms with van der Waals surface area (Å²) in [5.41, 5.74) is 0.639. The fourth-order valence-corrected chi connectivity index (χ4v) is 3.54. The summed E-state index contributed by atoms with van der Waals surface area (Å²) in [6.07, 6.45) is 0. The summed E-state index contributed by atoms with van der Waals surface area (Å²) < 4.78 is 53.7. The first kappa shape index (κ1) is 18.8. The first-order valence-corrected chi connectivity index (χ1v) is 8.93.